The first-order chi connectivity index (χ1) is 22.5. The maximum absolute atomic E-state index is 13.4. The van der Waals surface area contributed by atoms with Gasteiger partial charge in [0.15, 0.2) is 0 Å². The molecule has 3 amide bonds. The van der Waals surface area contributed by atoms with Crippen molar-refractivity contribution in [1.29, 1.82) is 0 Å². The van der Waals surface area contributed by atoms with E-state index in [1.807, 2.05) is 32.1 Å². The van der Waals surface area contributed by atoms with Crippen LogP contribution in [0, 0.1) is 13.8 Å². The third-order valence-corrected chi connectivity index (χ3v) is 9.43. The third-order valence-electron chi connectivity index (χ3n) is 9.43. The maximum atomic E-state index is 13.4. The molecular formula is C34H42N10O3. The Hall–Kier alpha value is -5.11. The second-order valence-electron chi connectivity index (χ2n) is 12.0. The van der Waals surface area contributed by atoms with Crippen molar-refractivity contribution in [3.05, 3.63) is 75.4 Å². The van der Waals surface area contributed by atoms with Crippen LogP contribution in [0.25, 0.3) is 39.3 Å². The number of hydrogen-bond donors (Lipinski definition) is 8. The van der Waals surface area contributed by atoms with Crippen LogP contribution in [0.1, 0.15) is 96.0 Å². The number of nitrogens with one attached hydrogen (secondary N) is 5. The number of aryl methyl sites for hydroxylation is 3. The molecule has 0 saturated carbocycles. The number of fused-ring (bicyclic) bond motifs is 8. The number of carbonyl (C=O) groups is 3. The number of allylic oxidation sites excluding steroid dienone is 1. The van der Waals surface area contributed by atoms with E-state index in [0.29, 0.717) is 28.9 Å². The molecule has 8 bridgehead atoms. The molecule has 0 radical (unpaired) electrons. The molecule has 0 unspecified atom stereocenters. The smallest absolute Gasteiger partial charge is 0.267 e. The number of hydrogen-bond acceptors (Lipinski definition) is 8. The molecule has 0 aliphatic carbocycles. The van der Waals surface area contributed by atoms with E-state index < -0.39 is 11.8 Å². The van der Waals surface area contributed by atoms with Crippen LogP contribution in [-0.4, -0.2) is 37.7 Å². The molecule has 2 atom stereocenters. The fraction of sp³-hybridized carbons (Fsp3) is 0.324. The molecule has 13 heteroatoms. The van der Waals surface area contributed by atoms with E-state index in [1.54, 1.807) is 6.92 Å². The molecular weight excluding hydrogens is 596 g/mol. The molecule has 0 saturated heterocycles. The summed E-state index contributed by atoms with van der Waals surface area (Å²) < 4.78 is 0. The van der Waals surface area contributed by atoms with Crippen molar-refractivity contribution in [1.82, 2.24) is 36.2 Å². The highest BCUT2D eigenvalue weighted by atomic mass is 16.2. The standard InChI is InChI=1S/C34H42N10O3/c1-7-19-15(3)23-12-25-17(5)21(9-10-29(45)42-35)32(40-25)22(11-30(46)43-36)33-31(34(47)44-37)18(6)26(41-33)14-28-20(8-2)16(4)24(39-28)13-27(19)38-23/h7,12-14,17,21,38-39H,1,8-11,35-37H2,2-6H3,(H,42,45)(H,43,46)(H,44,47)/t17-,21-/m0/s1. The van der Waals surface area contributed by atoms with Crippen LogP contribution < -0.4 is 33.8 Å². The molecule has 3 aromatic heterocycles. The molecule has 5 heterocycles. The lowest BCUT2D eigenvalue weighted by molar-refractivity contribution is -0.121. The SMILES string of the molecule is C=Cc1c(C)c2cc3nc(c(CC(=O)NN)c4nc(cc5[nH]c(cc1[nH]2)c(C)c5CC)C(C)=C4C(=O)NN)[C@@H](CCC(=O)NN)[C@@H]3C. The zero-order valence-corrected chi connectivity index (χ0v) is 27.4. The molecule has 0 aromatic carbocycles. The number of aromatic amines is 2. The van der Waals surface area contributed by atoms with Crippen LogP contribution in [0.3, 0.4) is 0 Å². The number of aromatic nitrogens is 4. The van der Waals surface area contributed by atoms with Crippen LogP contribution >= 0.6 is 0 Å². The van der Waals surface area contributed by atoms with Gasteiger partial charge in [-0.15, -0.1) is 0 Å². The second-order valence-corrected chi connectivity index (χ2v) is 12.0. The number of carbonyl (C=O) groups excluding carboxylic acids is 3. The first-order valence-electron chi connectivity index (χ1n) is 15.6. The molecule has 13 nitrogen and oxygen atoms in total. The van der Waals surface area contributed by atoms with E-state index in [0.717, 1.165) is 56.4 Å². The quantitative estimate of drug-likeness (QED) is 0.104. The fourth-order valence-corrected chi connectivity index (χ4v) is 6.75. The lowest BCUT2D eigenvalue weighted by atomic mass is 9.84. The summed E-state index contributed by atoms with van der Waals surface area (Å²) in [4.78, 5) is 55.9. The summed E-state index contributed by atoms with van der Waals surface area (Å²) >= 11 is 0. The van der Waals surface area contributed by atoms with Gasteiger partial charge in [-0.25, -0.2) is 22.5 Å². The molecule has 2 aliphatic rings. The number of rotatable bonds is 8. The summed E-state index contributed by atoms with van der Waals surface area (Å²) in [6.45, 7) is 14.1. The summed E-state index contributed by atoms with van der Waals surface area (Å²) in [5, 5.41) is 0. The average Bonchev–Trinajstić information content (AvgIpc) is 3.74. The predicted octanol–water partition coefficient (Wildman–Crippen LogP) is 3.25. The Kier molecular flexibility index (Phi) is 9.43. The molecule has 47 heavy (non-hydrogen) atoms. The van der Waals surface area contributed by atoms with E-state index in [2.05, 4.69) is 52.7 Å². The Balaban J connectivity index is 2.02. The van der Waals surface area contributed by atoms with Crippen molar-refractivity contribution in [3.63, 3.8) is 0 Å². The lowest BCUT2D eigenvalue weighted by Gasteiger charge is -2.18. The van der Waals surface area contributed by atoms with Crippen molar-refractivity contribution >= 4 is 57.0 Å². The van der Waals surface area contributed by atoms with E-state index in [9.17, 15) is 14.4 Å². The lowest BCUT2D eigenvalue weighted by Crippen LogP contribution is -2.33. The van der Waals surface area contributed by atoms with Gasteiger partial charge < -0.3 is 9.97 Å². The summed E-state index contributed by atoms with van der Waals surface area (Å²) in [5.74, 6) is 14.8. The van der Waals surface area contributed by atoms with Crippen molar-refractivity contribution in [3.8, 4) is 0 Å². The zero-order valence-electron chi connectivity index (χ0n) is 27.4. The summed E-state index contributed by atoms with van der Waals surface area (Å²) in [6.07, 6.45) is 2.85. The maximum Gasteiger partial charge on any atom is 0.267 e. The Morgan fingerprint density at radius 3 is 2.21 bits per heavy atom. The molecule has 0 fully saturated rings. The molecule has 3 aromatic rings. The van der Waals surface area contributed by atoms with Gasteiger partial charge in [0.2, 0.25) is 11.8 Å². The number of nitrogens with zero attached hydrogens (tertiary/aromatic N) is 2. The molecule has 11 N–H and O–H groups in total. The van der Waals surface area contributed by atoms with Crippen molar-refractivity contribution in [2.75, 3.05) is 0 Å². The Labute approximate surface area is 272 Å². The van der Waals surface area contributed by atoms with Gasteiger partial charge in [0.25, 0.3) is 5.91 Å². The molecule has 2 aliphatic heterocycles. The van der Waals surface area contributed by atoms with Gasteiger partial charge in [0, 0.05) is 57.1 Å². The van der Waals surface area contributed by atoms with Gasteiger partial charge in [0.05, 0.1) is 29.1 Å². The van der Waals surface area contributed by atoms with Gasteiger partial charge in [-0.2, -0.15) is 0 Å². The molecule has 0 spiro atoms. The third kappa shape index (κ3) is 5.96. The van der Waals surface area contributed by atoms with Gasteiger partial charge in [-0.05, 0) is 74.1 Å². The molecule has 246 valence electrons. The Morgan fingerprint density at radius 2 is 1.57 bits per heavy atom. The summed E-state index contributed by atoms with van der Waals surface area (Å²) in [7, 11) is 0. The first-order valence-corrected chi connectivity index (χ1v) is 15.6. The minimum Gasteiger partial charge on any atom is -0.355 e. The van der Waals surface area contributed by atoms with Gasteiger partial charge in [-0.3, -0.25) is 35.6 Å². The first kappa shape index (κ1) is 33.3. The van der Waals surface area contributed by atoms with Gasteiger partial charge in [-0.1, -0.05) is 26.5 Å². The van der Waals surface area contributed by atoms with Crippen molar-refractivity contribution in [2.24, 2.45) is 17.5 Å². The largest absolute Gasteiger partial charge is 0.355 e. The second kappa shape index (κ2) is 13.3. The normalized spacial score (nSPS) is 15.8. The Morgan fingerprint density at radius 1 is 0.894 bits per heavy atom. The van der Waals surface area contributed by atoms with E-state index in [1.165, 1.54) is 0 Å². The van der Waals surface area contributed by atoms with E-state index in [-0.39, 0.29) is 41.9 Å². The number of H-pyrrole nitrogens is 2. The highest BCUT2D eigenvalue weighted by molar-refractivity contribution is 6.27. The molecule has 5 rings (SSSR count). The zero-order chi connectivity index (χ0) is 34.2. The predicted molar refractivity (Wildman–Crippen MR) is 184 cm³/mol. The van der Waals surface area contributed by atoms with Crippen LogP contribution in [0.5, 0.6) is 0 Å². The van der Waals surface area contributed by atoms with E-state index >= 15 is 0 Å². The fourth-order valence-electron chi connectivity index (χ4n) is 6.75. The van der Waals surface area contributed by atoms with Crippen molar-refractivity contribution < 1.29 is 14.4 Å². The van der Waals surface area contributed by atoms with Crippen LogP contribution in [-0.2, 0) is 27.2 Å². The number of hydrazine groups is 3. The number of amides is 3. The van der Waals surface area contributed by atoms with Crippen LogP contribution in [0.15, 0.2) is 24.8 Å². The highest BCUT2D eigenvalue weighted by Gasteiger charge is 2.35. The minimum atomic E-state index is -0.562. The number of nitrogens with two attached hydrogens (primary N) is 3. The summed E-state index contributed by atoms with van der Waals surface area (Å²) in [5.41, 5.74) is 17.6. The average molecular weight is 639 g/mol. The van der Waals surface area contributed by atoms with Crippen LogP contribution in [0.4, 0.5) is 0 Å². The van der Waals surface area contributed by atoms with Gasteiger partial charge >= 0.3 is 0 Å². The van der Waals surface area contributed by atoms with E-state index in [4.69, 9.17) is 27.5 Å². The van der Waals surface area contributed by atoms with Crippen LogP contribution in [0.2, 0.25) is 0 Å². The highest BCUT2D eigenvalue weighted by Crippen LogP contribution is 2.43. The monoisotopic (exact) mass is 638 g/mol. The Bertz CT molecular complexity index is 2000. The topological polar surface area (TPSA) is 223 Å². The summed E-state index contributed by atoms with van der Waals surface area (Å²) in [6, 6.07) is 5.97. The van der Waals surface area contributed by atoms with Gasteiger partial charge in [0.1, 0.15) is 0 Å². The minimum absolute atomic E-state index is 0.117. The van der Waals surface area contributed by atoms with Crippen molar-refractivity contribution in [2.45, 2.75) is 72.1 Å².